The van der Waals surface area contributed by atoms with E-state index in [0.29, 0.717) is 6.61 Å². The van der Waals surface area contributed by atoms with E-state index in [1.807, 2.05) is 36.4 Å². The Labute approximate surface area is 234 Å². The maximum Gasteiger partial charge on any atom is 0.137 e. The van der Waals surface area contributed by atoms with Crippen LogP contribution in [0.25, 0.3) is 43.4 Å². The number of nitrogens with zero attached hydrogens (tertiary/aromatic N) is 3. The van der Waals surface area contributed by atoms with Gasteiger partial charge in [0.25, 0.3) is 0 Å². The number of nitrogens with one attached hydrogen (secondary N) is 1. The van der Waals surface area contributed by atoms with Crippen LogP contribution in [0.4, 0.5) is 8.78 Å². The minimum absolute atomic E-state index is 0.151. The third kappa shape index (κ3) is 3.78. The molecule has 3 fully saturated rings. The molecule has 9 heteroatoms. The van der Waals surface area contributed by atoms with Crippen molar-refractivity contribution >= 4 is 32.3 Å². The normalized spacial score (nSPS) is 21.5. The molecule has 3 aliphatic carbocycles. The van der Waals surface area contributed by atoms with Crippen molar-refractivity contribution in [3.8, 4) is 28.1 Å². The van der Waals surface area contributed by atoms with Gasteiger partial charge in [-0.3, -0.25) is 9.67 Å². The van der Waals surface area contributed by atoms with Gasteiger partial charge in [0.1, 0.15) is 24.0 Å². The first-order valence-electron chi connectivity index (χ1n) is 13.5. The second-order valence-corrected chi connectivity index (χ2v) is 12.2. The van der Waals surface area contributed by atoms with Gasteiger partial charge < -0.3 is 14.8 Å². The predicted octanol–water partition coefficient (Wildman–Crippen LogP) is 6.46. The zero-order chi connectivity index (χ0) is 27.6. The van der Waals surface area contributed by atoms with Crippen molar-refractivity contribution in [2.24, 2.45) is 12.5 Å². The number of ether oxygens (including phenoxy) is 2. The first-order valence-corrected chi connectivity index (χ1v) is 14.3. The molecule has 3 aromatic heterocycles. The number of aryl methyl sites for hydroxylation is 1. The summed E-state index contributed by atoms with van der Waals surface area (Å²) in [6, 6.07) is 10.5. The molecule has 3 saturated carbocycles. The first kappa shape index (κ1) is 25.6. The highest BCUT2D eigenvalue weighted by molar-refractivity contribution is 7.17. The van der Waals surface area contributed by atoms with Gasteiger partial charge in [0, 0.05) is 64.8 Å². The Bertz CT molecular complexity index is 1760. The highest BCUT2D eigenvalue weighted by Gasteiger charge is 2.69. The lowest BCUT2D eigenvalue weighted by Crippen LogP contribution is -2.68. The molecule has 1 N–H and O–H groups in total. The maximum absolute atomic E-state index is 15.8. The van der Waals surface area contributed by atoms with Crippen molar-refractivity contribution in [1.82, 2.24) is 20.1 Å². The summed E-state index contributed by atoms with van der Waals surface area (Å²) < 4.78 is 44.2. The smallest absolute Gasteiger partial charge is 0.137 e. The SMILES string of the molecule is CNCC12CC(c3nc(-c4ccc5c(cnn5C)c4)c4ccsc4c3-c3c(F)cc(F)cc3OCCOC)(C1)C2. The van der Waals surface area contributed by atoms with E-state index >= 15 is 4.39 Å². The highest BCUT2D eigenvalue weighted by atomic mass is 32.1. The van der Waals surface area contributed by atoms with E-state index in [4.69, 9.17) is 14.5 Å². The molecule has 6 nitrogen and oxygen atoms in total. The zero-order valence-electron chi connectivity index (χ0n) is 22.7. The summed E-state index contributed by atoms with van der Waals surface area (Å²) in [5.74, 6) is -1.15. The molecule has 0 atom stereocenters. The number of aromatic nitrogens is 3. The second kappa shape index (κ2) is 9.33. The number of halogens is 2. The van der Waals surface area contributed by atoms with Crippen molar-refractivity contribution in [3.05, 3.63) is 65.3 Å². The van der Waals surface area contributed by atoms with E-state index in [1.54, 1.807) is 18.4 Å². The number of thiophene rings is 1. The van der Waals surface area contributed by atoms with Crippen molar-refractivity contribution in [1.29, 1.82) is 0 Å². The van der Waals surface area contributed by atoms with Crippen LogP contribution in [0.15, 0.2) is 48.0 Å². The Morgan fingerprint density at radius 3 is 2.67 bits per heavy atom. The number of rotatable bonds is 9. The fourth-order valence-electron chi connectivity index (χ4n) is 7.12. The average Bonchev–Trinajstić information content (AvgIpc) is 3.52. The molecule has 3 aliphatic rings. The van der Waals surface area contributed by atoms with Gasteiger partial charge in [-0.05, 0) is 55.3 Å². The number of methoxy groups -OCH3 is 1. The van der Waals surface area contributed by atoms with Crippen LogP contribution in [0.2, 0.25) is 0 Å². The standard InChI is InChI=1S/C31H30F2N4O2S/c1-34-17-30-14-31(15-30,16-30)29-26(25-22(33)11-20(32)12-24(25)39-8-7-38-3)28-21(6-9-40-28)27(36-29)18-4-5-23-19(10-18)13-35-37(23)2/h4-6,9-13,34H,7-8,14-17H2,1-3H3. The largest absolute Gasteiger partial charge is 0.490 e. The van der Waals surface area contributed by atoms with Crippen molar-refractivity contribution in [2.75, 3.05) is 33.9 Å². The molecule has 8 rings (SSSR count). The van der Waals surface area contributed by atoms with Gasteiger partial charge in [-0.15, -0.1) is 11.3 Å². The van der Waals surface area contributed by atoms with E-state index in [2.05, 4.69) is 28.6 Å². The van der Waals surface area contributed by atoms with E-state index in [0.717, 1.165) is 75.4 Å². The van der Waals surface area contributed by atoms with Crippen LogP contribution in [0.5, 0.6) is 5.75 Å². The Hall–Kier alpha value is -3.40. The summed E-state index contributed by atoms with van der Waals surface area (Å²) in [4.78, 5) is 5.38. The van der Waals surface area contributed by atoms with Crippen molar-refractivity contribution in [2.45, 2.75) is 24.7 Å². The lowest BCUT2D eigenvalue weighted by atomic mass is 9.34. The topological polar surface area (TPSA) is 61.2 Å². The fourth-order valence-corrected chi connectivity index (χ4v) is 8.07. The Morgan fingerprint density at radius 2 is 1.90 bits per heavy atom. The van der Waals surface area contributed by atoms with Crippen molar-refractivity contribution < 1.29 is 18.3 Å². The van der Waals surface area contributed by atoms with Crippen LogP contribution in [-0.4, -0.2) is 48.7 Å². The number of hydrogen-bond donors (Lipinski definition) is 1. The van der Waals surface area contributed by atoms with Gasteiger partial charge in [0.05, 0.1) is 35.3 Å². The summed E-state index contributed by atoms with van der Waals surface area (Å²) in [5.41, 5.74) is 4.88. The molecule has 0 aliphatic heterocycles. The van der Waals surface area contributed by atoms with Crippen LogP contribution in [0.1, 0.15) is 25.0 Å². The van der Waals surface area contributed by atoms with E-state index in [-0.39, 0.29) is 28.7 Å². The van der Waals surface area contributed by atoms with Crippen LogP contribution in [-0.2, 0) is 17.2 Å². The minimum atomic E-state index is -0.675. The molecule has 0 saturated heterocycles. The molecule has 3 heterocycles. The quantitative estimate of drug-likeness (QED) is 0.210. The van der Waals surface area contributed by atoms with E-state index < -0.39 is 11.6 Å². The Kier molecular flexibility index (Phi) is 5.96. The van der Waals surface area contributed by atoms with Crippen LogP contribution in [0, 0.1) is 17.0 Å². The summed E-state index contributed by atoms with van der Waals surface area (Å²) in [6.07, 6.45) is 4.82. The molecule has 40 heavy (non-hydrogen) atoms. The van der Waals surface area contributed by atoms with Crippen LogP contribution in [0.3, 0.4) is 0 Å². The number of pyridine rings is 1. The zero-order valence-corrected chi connectivity index (χ0v) is 23.5. The third-order valence-corrected chi connectivity index (χ3v) is 9.57. The molecule has 2 aromatic carbocycles. The highest BCUT2D eigenvalue weighted by Crippen LogP contribution is 2.74. The summed E-state index contributed by atoms with van der Waals surface area (Å²) in [7, 11) is 5.48. The molecule has 0 spiro atoms. The molecular formula is C31H30F2N4O2S. The Balaban J connectivity index is 1.47. The number of benzene rings is 2. The molecule has 0 radical (unpaired) electrons. The van der Waals surface area contributed by atoms with Gasteiger partial charge in [-0.2, -0.15) is 5.10 Å². The Morgan fingerprint density at radius 1 is 1.07 bits per heavy atom. The number of hydrogen-bond acceptors (Lipinski definition) is 6. The molecule has 0 amide bonds. The summed E-state index contributed by atoms with van der Waals surface area (Å²) >= 11 is 1.56. The minimum Gasteiger partial charge on any atom is -0.490 e. The molecule has 0 unspecified atom stereocenters. The van der Waals surface area contributed by atoms with Crippen LogP contribution < -0.4 is 10.1 Å². The summed E-state index contributed by atoms with van der Waals surface area (Å²) in [5, 5.41) is 11.7. The molecule has 2 bridgehead atoms. The van der Waals surface area contributed by atoms with Crippen molar-refractivity contribution in [3.63, 3.8) is 0 Å². The predicted molar refractivity (Wildman–Crippen MR) is 154 cm³/mol. The van der Waals surface area contributed by atoms with E-state index in [9.17, 15) is 4.39 Å². The first-order chi connectivity index (χ1) is 19.4. The molecule has 206 valence electrons. The fraction of sp³-hybridized carbons (Fsp3) is 0.355. The van der Waals surface area contributed by atoms with Crippen LogP contribution >= 0.6 is 11.3 Å². The molecule has 5 aromatic rings. The van der Waals surface area contributed by atoms with Gasteiger partial charge >= 0.3 is 0 Å². The maximum atomic E-state index is 15.8. The van der Waals surface area contributed by atoms with Gasteiger partial charge in [0.2, 0.25) is 0 Å². The van der Waals surface area contributed by atoms with E-state index in [1.165, 1.54) is 6.07 Å². The second-order valence-electron chi connectivity index (χ2n) is 11.3. The molecular weight excluding hydrogens is 530 g/mol. The lowest BCUT2D eigenvalue weighted by Gasteiger charge is -2.71. The monoisotopic (exact) mass is 560 g/mol. The lowest BCUT2D eigenvalue weighted by molar-refractivity contribution is -0.138. The third-order valence-electron chi connectivity index (χ3n) is 8.64. The average molecular weight is 561 g/mol. The van der Waals surface area contributed by atoms with Gasteiger partial charge in [-0.1, -0.05) is 6.07 Å². The summed E-state index contributed by atoms with van der Waals surface area (Å²) in [6.45, 7) is 1.44. The van der Waals surface area contributed by atoms with Gasteiger partial charge in [-0.25, -0.2) is 8.78 Å². The number of fused-ring (bicyclic) bond motifs is 2. The van der Waals surface area contributed by atoms with Gasteiger partial charge in [0.15, 0.2) is 0 Å².